The fourth-order valence-electron chi connectivity index (χ4n) is 1.54. The highest BCUT2D eigenvalue weighted by Crippen LogP contribution is 2.06. The first kappa shape index (κ1) is 14.2. The first-order valence-electron chi connectivity index (χ1n) is 5.71. The third-order valence-corrected chi connectivity index (χ3v) is 2.44. The number of nitrogens with one attached hydrogen (secondary N) is 1. The third kappa shape index (κ3) is 4.58. The van der Waals surface area contributed by atoms with Crippen molar-refractivity contribution in [3.63, 3.8) is 0 Å². The maximum atomic E-state index is 11.6. The minimum Gasteiger partial charge on any atom is -0.380 e. The molecule has 0 radical (unpaired) electrons. The maximum Gasteiger partial charge on any atom is 0.238 e. The zero-order valence-electron chi connectivity index (χ0n) is 10.5. The summed E-state index contributed by atoms with van der Waals surface area (Å²) in [7, 11) is 1.65. The molecule has 4 nitrogen and oxygen atoms in total. The Kier molecular flexibility index (Phi) is 5.92. The molecule has 1 atom stereocenters. The van der Waals surface area contributed by atoms with E-state index in [0.29, 0.717) is 13.2 Å². The number of carbonyl (C=O) groups excluding carboxylic acids is 1. The largest absolute Gasteiger partial charge is 0.380 e. The van der Waals surface area contributed by atoms with Gasteiger partial charge in [0.25, 0.3) is 0 Å². The lowest BCUT2D eigenvalue weighted by Crippen LogP contribution is -2.39. The highest BCUT2D eigenvalue weighted by atomic mass is 16.5. The molecule has 4 heteroatoms. The Morgan fingerprint density at radius 1 is 1.56 bits per heavy atom. The predicted molar refractivity (Wildman–Crippen MR) is 70.4 cm³/mol. The standard InChI is InChI=1S/C14H18N2O2/c1-3-5-13(15)14(17)16-9-11-6-4-7-12(8-11)10-18-2/h1,4,6-8,13H,5,9-10,15H2,2H3,(H,16,17). The Balaban J connectivity index is 2.50. The van der Waals surface area contributed by atoms with Gasteiger partial charge >= 0.3 is 0 Å². The lowest BCUT2D eigenvalue weighted by atomic mass is 10.1. The second kappa shape index (κ2) is 7.49. The fraction of sp³-hybridized carbons (Fsp3) is 0.357. The van der Waals surface area contributed by atoms with E-state index in [4.69, 9.17) is 16.9 Å². The molecule has 1 unspecified atom stereocenters. The van der Waals surface area contributed by atoms with Gasteiger partial charge in [0.05, 0.1) is 12.6 Å². The van der Waals surface area contributed by atoms with Gasteiger partial charge in [0, 0.05) is 20.1 Å². The second-order valence-corrected chi connectivity index (χ2v) is 3.99. The van der Waals surface area contributed by atoms with Crippen molar-refractivity contribution in [3.05, 3.63) is 35.4 Å². The summed E-state index contributed by atoms with van der Waals surface area (Å²) in [5.74, 6) is 2.14. The number of amides is 1. The Morgan fingerprint density at radius 3 is 2.94 bits per heavy atom. The van der Waals surface area contributed by atoms with E-state index in [1.165, 1.54) is 0 Å². The van der Waals surface area contributed by atoms with Crippen LogP contribution in [-0.4, -0.2) is 19.1 Å². The van der Waals surface area contributed by atoms with Crippen LogP contribution in [0.5, 0.6) is 0 Å². The number of ether oxygens (including phenoxy) is 1. The van der Waals surface area contributed by atoms with Gasteiger partial charge in [-0.05, 0) is 11.1 Å². The fourth-order valence-corrected chi connectivity index (χ4v) is 1.54. The zero-order chi connectivity index (χ0) is 13.4. The summed E-state index contributed by atoms with van der Waals surface area (Å²) in [6, 6.07) is 7.18. The van der Waals surface area contributed by atoms with Crippen LogP contribution in [0.2, 0.25) is 0 Å². The average molecular weight is 246 g/mol. The second-order valence-electron chi connectivity index (χ2n) is 3.99. The zero-order valence-corrected chi connectivity index (χ0v) is 10.5. The van der Waals surface area contributed by atoms with Gasteiger partial charge in [-0.3, -0.25) is 4.79 Å². The molecule has 0 aliphatic heterocycles. The smallest absolute Gasteiger partial charge is 0.238 e. The van der Waals surface area contributed by atoms with Crippen LogP contribution in [0.15, 0.2) is 24.3 Å². The Labute approximate surface area is 108 Å². The predicted octanol–water partition coefficient (Wildman–Crippen LogP) is 0.800. The minimum atomic E-state index is -0.642. The van der Waals surface area contributed by atoms with E-state index in [1.54, 1.807) is 7.11 Å². The number of terminal acetylenes is 1. The topological polar surface area (TPSA) is 64.4 Å². The summed E-state index contributed by atoms with van der Waals surface area (Å²) >= 11 is 0. The Hall–Kier alpha value is -1.83. The molecule has 0 saturated carbocycles. The van der Waals surface area contributed by atoms with E-state index < -0.39 is 6.04 Å². The third-order valence-electron chi connectivity index (χ3n) is 2.44. The summed E-state index contributed by atoms with van der Waals surface area (Å²) in [4.78, 5) is 11.6. The molecule has 1 rings (SSSR count). The van der Waals surface area contributed by atoms with Crippen LogP contribution >= 0.6 is 0 Å². The molecule has 0 fully saturated rings. The van der Waals surface area contributed by atoms with E-state index in [9.17, 15) is 4.79 Å². The SMILES string of the molecule is C#CCC(N)C(=O)NCc1cccc(COC)c1. The lowest BCUT2D eigenvalue weighted by molar-refractivity contribution is -0.122. The molecule has 0 saturated heterocycles. The molecule has 1 amide bonds. The molecule has 96 valence electrons. The number of hydrogen-bond acceptors (Lipinski definition) is 3. The van der Waals surface area contributed by atoms with E-state index in [0.717, 1.165) is 11.1 Å². The van der Waals surface area contributed by atoms with Gasteiger partial charge in [-0.15, -0.1) is 12.3 Å². The van der Waals surface area contributed by atoms with Crippen molar-refractivity contribution in [1.29, 1.82) is 0 Å². The summed E-state index contributed by atoms with van der Waals surface area (Å²) in [5, 5.41) is 2.75. The molecule has 1 aromatic carbocycles. The van der Waals surface area contributed by atoms with Crippen molar-refractivity contribution < 1.29 is 9.53 Å². The van der Waals surface area contributed by atoms with Crippen molar-refractivity contribution in [2.45, 2.75) is 25.6 Å². The van der Waals surface area contributed by atoms with Crippen molar-refractivity contribution in [3.8, 4) is 12.3 Å². The van der Waals surface area contributed by atoms with Crippen molar-refractivity contribution in [1.82, 2.24) is 5.32 Å². The molecule has 0 spiro atoms. The number of rotatable bonds is 6. The molecular formula is C14H18N2O2. The normalized spacial score (nSPS) is 11.6. The van der Waals surface area contributed by atoms with E-state index in [-0.39, 0.29) is 12.3 Å². The molecule has 1 aromatic rings. The first-order valence-corrected chi connectivity index (χ1v) is 5.71. The number of benzene rings is 1. The van der Waals surface area contributed by atoms with Crippen LogP contribution in [-0.2, 0) is 22.7 Å². The number of nitrogens with two attached hydrogens (primary N) is 1. The number of methoxy groups -OCH3 is 1. The number of hydrogen-bond donors (Lipinski definition) is 2. The maximum absolute atomic E-state index is 11.6. The molecule has 18 heavy (non-hydrogen) atoms. The van der Waals surface area contributed by atoms with Gasteiger partial charge in [-0.25, -0.2) is 0 Å². The van der Waals surface area contributed by atoms with Gasteiger partial charge < -0.3 is 15.8 Å². The lowest BCUT2D eigenvalue weighted by Gasteiger charge is -2.10. The van der Waals surface area contributed by atoms with Crippen molar-refractivity contribution >= 4 is 5.91 Å². The van der Waals surface area contributed by atoms with Gasteiger partial charge in [0.15, 0.2) is 0 Å². The molecule has 0 heterocycles. The minimum absolute atomic E-state index is 0.231. The van der Waals surface area contributed by atoms with Crippen LogP contribution in [0.25, 0.3) is 0 Å². The Morgan fingerprint density at radius 2 is 2.28 bits per heavy atom. The van der Waals surface area contributed by atoms with Crippen molar-refractivity contribution in [2.75, 3.05) is 7.11 Å². The first-order chi connectivity index (χ1) is 8.67. The van der Waals surface area contributed by atoms with E-state index in [2.05, 4.69) is 11.2 Å². The molecule has 0 bridgehead atoms. The van der Waals surface area contributed by atoms with Crippen molar-refractivity contribution in [2.24, 2.45) is 5.73 Å². The summed E-state index contributed by atoms with van der Waals surface area (Å²) in [5.41, 5.74) is 7.67. The number of carbonyl (C=O) groups is 1. The van der Waals surface area contributed by atoms with Crippen LogP contribution in [0, 0.1) is 12.3 Å². The molecule has 0 aliphatic carbocycles. The van der Waals surface area contributed by atoms with E-state index in [1.807, 2.05) is 24.3 Å². The monoisotopic (exact) mass is 246 g/mol. The van der Waals surface area contributed by atoms with E-state index >= 15 is 0 Å². The Bertz CT molecular complexity index is 438. The van der Waals surface area contributed by atoms with Gasteiger partial charge in [-0.1, -0.05) is 24.3 Å². The van der Waals surface area contributed by atoms with Gasteiger partial charge in [-0.2, -0.15) is 0 Å². The van der Waals surface area contributed by atoms with Crippen LogP contribution in [0.4, 0.5) is 0 Å². The summed E-state index contributed by atoms with van der Waals surface area (Å²) < 4.78 is 5.05. The average Bonchev–Trinajstić information content (AvgIpc) is 2.37. The quantitative estimate of drug-likeness (QED) is 0.730. The molecule has 0 aromatic heterocycles. The van der Waals surface area contributed by atoms with Crippen LogP contribution in [0.1, 0.15) is 17.5 Å². The molecule has 3 N–H and O–H groups in total. The highest BCUT2D eigenvalue weighted by Gasteiger charge is 2.11. The molecular weight excluding hydrogens is 228 g/mol. The van der Waals surface area contributed by atoms with Crippen LogP contribution in [0.3, 0.4) is 0 Å². The summed E-state index contributed by atoms with van der Waals surface area (Å²) in [6.45, 7) is 0.993. The van der Waals surface area contributed by atoms with Gasteiger partial charge in [0.1, 0.15) is 0 Å². The molecule has 0 aliphatic rings. The summed E-state index contributed by atoms with van der Waals surface area (Å²) in [6.07, 6.45) is 5.35. The van der Waals surface area contributed by atoms with Crippen LogP contribution < -0.4 is 11.1 Å². The highest BCUT2D eigenvalue weighted by molar-refractivity contribution is 5.81. The van der Waals surface area contributed by atoms with Gasteiger partial charge in [0.2, 0.25) is 5.91 Å².